The number of nitrogens with zero attached hydrogens (tertiary/aromatic N) is 2. The van der Waals surface area contributed by atoms with E-state index >= 15 is 0 Å². The monoisotopic (exact) mass is 160 g/mol. The first kappa shape index (κ1) is 6.95. The molecular formula is C5H5ClN2O2. The Labute approximate surface area is 61.6 Å². The molecule has 54 valence electrons. The van der Waals surface area contributed by atoms with Gasteiger partial charge in [0.05, 0.1) is 0 Å². The third kappa shape index (κ3) is 1.06. The lowest BCUT2D eigenvalue weighted by molar-refractivity contribution is 0.159. The minimum Gasteiger partial charge on any atom is -0.425 e. The topological polar surface area (TPSA) is 57.8 Å². The van der Waals surface area contributed by atoms with Crippen molar-refractivity contribution in [2.24, 2.45) is 5.16 Å². The summed E-state index contributed by atoms with van der Waals surface area (Å²) >= 11 is 5.43. The van der Waals surface area contributed by atoms with Crippen LogP contribution in [0.25, 0.3) is 0 Å². The minimum atomic E-state index is -0.00694. The van der Waals surface area contributed by atoms with Crippen LogP contribution in [0.3, 0.4) is 0 Å². The molecule has 0 fully saturated rings. The summed E-state index contributed by atoms with van der Waals surface area (Å²) in [6.45, 7) is 0. The van der Waals surface area contributed by atoms with Crippen molar-refractivity contribution in [1.82, 2.24) is 4.73 Å². The number of aromatic nitrogens is 1. The first-order valence-electron chi connectivity index (χ1n) is 2.50. The third-order valence-corrected chi connectivity index (χ3v) is 1.29. The summed E-state index contributed by atoms with van der Waals surface area (Å²) in [4.78, 5) is 0. The second kappa shape index (κ2) is 2.62. The third-order valence-electron chi connectivity index (χ3n) is 1.00. The van der Waals surface area contributed by atoms with Gasteiger partial charge in [-0.15, -0.1) is 0 Å². The van der Waals surface area contributed by atoms with Gasteiger partial charge in [-0.05, 0) is 12.1 Å². The van der Waals surface area contributed by atoms with Crippen LogP contribution in [0.1, 0.15) is 0 Å². The van der Waals surface area contributed by atoms with Crippen LogP contribution in [0.15, 0.2) is 23.4 Å². The van der Waals surface area contributed by atoms with Crippen LogP contribution in [0.4, 0.5) is 0 Å². The zero-order chi connectivity index (χ0) is 7.56. The van der Waals surface area contributed by atoms with E-state index in [2.05, 4.69) is 5.16 Å². The van der Waals surface area contributed by atoms with Gasteiger partial charge < -0.3 is 10.4 Å². The Morgan fingerprint density at radius 1 is 1.50 bits per heavy atom. The van der Waals surface area contributed by atoms with E-state index in [1.807, 2.05) is 0 Å². The Morgan fingerprint density at radius 3 is 2.70 bits per heavy atom. The van der Waals surface area contributed by atoms with E-state index < -0.39 is 0 Å². The highest BCUT2D eigenvalue weighted by atomic mass is 35.5. The highest BCUT2D eigenvalue weighted by Gasteiger charge is 1.93. The van der Waals surface area contributed by atoms with Gasteiger partial charge in [0, 0.05) is 0 Å². The molecule has 0 radical (unpaired) electrons. The van der Waals surface area contributed by atoms with Crippen molar-refractivity contribution in [3.05, 3.63) is 28.8 Å². The fourth-order valence-corrected chi connectivity index (χ4v) is 0.699. The molecule has 0 aliphatic heterocycles. The largest absolute Gasteiger partial charge is 0.425 e. The molecule has 0 amide bonds. The van der Waals surface area contributed by atoms with Gasteiger partial charge in [0.1, 0.15) is 5.15 Å². The highest BCUT2D eigenvalue weighted by Crippen LogP contribution is 2.00. The first-order valence-corrected chi connectivity index (χ1v) is 2.88. The molecule has 0 aliphatic rings. The Bertz CT molecular complexity index is 294. The van der Waals surface area contributed by atoms with E-state index in [9.17, 15) is 0 Å². The first-order chi connectivity index (χ1) is 4.75. The standard InChI is InChI=1S/C5H5ClN2O2/c6-4-2-1-3-5(7-9)8(4)10/h1-3,9-10H/b7-5-. The van der Waals surface area contributed by atoms with E-state index in [0.29, 0.717) is 4.73 Å². The van der Waals surface area contributed by atoms with Crippen LogP contribution >= 0.6 is 11.6 Å². The Hall–Kier alpha value is -1.16. The molecule has 0 saturated heterocycles. The smallest absolute Gasteiger partial charge is 0.208 e. The molecule has 0 atom stereocenters. The number of hydrogen-bond acceptors (Lipinski definition) is 3. The van der Waals surface area contributed by atoms with Gasteiger partial charge in [-0.25, -0.2) is 0 Å². The van der Waals surface area contributed by atoms with Gasteiger partial charge in [-0.3, -0.25) is 0 Å². The average Bonchev–Trinajstić information content (AvgIpc) is 1.95. The van der Waals surface area contributed by atoms with Gasteiger partial charge >= 0.3 is 0 Å². The second-order valence-corrected chi connectivity index (χ2v) is 2.01. The fraction of sp³-hybridized carbons (Fsp3) is 0. The van der Waals surface area contributed by atoms with E-state index in [0.717, 1.165) is 0 Å². The highest BCUT2D eigenvalue weighted by molar-refractivity contribution is 6.29. The van der Waals surface area contributed by atoms with E-state index in [1.165, 1.54) is 12.1 Å². The molecule has 4 nitrogen and oxygen atoms in total. The average molecular weight is 161 g/mol. The van der Waals surface area contributed by atoms with E-state index in [4.69, 9.17) is 22.0 Å². The van der Waals surface area contributed by atoms with Crippen molar-refractivity contribution in [3.63, 3.8) is 0 Å². The van der Waals surface area contributed by atoms with E-state index in [-0.39, 0.29) is 10.6 Å². The maximum atomic E-state index is 8.93. The van der Waals surface area contributed by atoms with Crippen molar-refractivity contribution in [1.29, 1.82) is 0 Å². The van der Waals surface area contributed by atoms with Crippen LogP contribution in [0.2, 0.25) is 5.15 Å². The van der Waals surface area contributed by atoms with Gasteiger partial charge in [0.25, 0.3) is 0 Å². The maximum absolute atomic E-state index is 8.93. The molecule has 1 heterocycles. The SMILES string of the molecule is O/N=c1/cccc(Cl)n1O. The molecule has 0 unspecified atom stereocenters. The van der Waals surface area contributed by atoms with Crippen LogP contribution in [0.5, 0.6) is 0 Å². The van der Waals surface area contributed by atoms with Crippen LogP contribution in [-0.2, 0) is 0 Å². The summed E-state index contributed by atoms with van der Waals surface area (Å²) in [5, 5.41) is 20.0. The molecule has 0 aliphatic carbocycles. The normalized spacial score (nSPS) is 11.9. The van der Waals surface area contributed by atoms with Crippen molar-refractivity contribution >= 4 is 11.6 Å². The van der Waals surface area contributed by atoms with Crippen molar-refractivity contribution in [3.8, 4) is 0 Å². The molecule has 1 rings (SSSR count). The molecular weight excluding hydrogens is 156 g/mol. The van der Waals surface area contributed by atoms with Gasteiger partial charge in [-0.1, -0.05) is 22.8 Å². The quantitative estimate of drug-likeness (QED) is 0.254. The number of rotatable bonds is 0. The molecule has 0 aromatic carbocycles. The van der Waals surface area contributed by atoms with Gasteiger partial charge in [0.15, 0.2) is 0 Å². The zero-order valence-corrected chi connectivity index (χ0v) is 5.65. The predicted molar refractivity (Wildman–Crippen MR) is 34.0 cm³/mol. The zero-order valence-electron chi connectivity index (χ0n) is 4.90. The lowest BCUT2D eigenvalue weighted by atomic mass is 10.5. The molecule has 2 N–H and O–H groups in total. The predicted octanol–water partition coefficient (Wildman–Crippen LogP) is 0.669. The summed E-state index contributed by atoms with van der Waals surface area (Å²) in [5.74, 6) is 0. The van der Waals surface area contributed by atoms with Gasteiger partial charge in [-0.2, -0.15) is 4.73 Å². The molecule has 0 saturated carbocycles. The lowest BCUT2D eigenvalue weighted by Crippen LogP contribution is -2.17. The molecule has 1 aromatic heterocycles. The molecule has 0 spiro atoms. The number of hydrogen-bond donors (Lipinski definition) is 2. The fourth-order valence-electron chi connectivity index (χ4n) is 0.540. The summed E-state index contributed by atoms with van der Waals surface area (Å²) in [6.07, 6.45) is 0. The second-order valence-electron chi connectivity index (χ2n) is 1.62. The van der Waals surface area contributed by atoms with Gasteiger partial charge in [0.2, 0.25) is 5.49 Å². The number of halogens is 1. The van der Waals surface area contributed by atoms with Crippen molar-refractivity contribution < 1.29 is 10.4 Å². The summed E-state index contributed by atoms with van der Waals surface area (Å²) in [5.41, 5.74) is -0.00694. The van der Waals surface area contributed by atoms with Crippen molar-refractivity contribution in [2.75, 3.05) is 0 Å². The lowest BCUT2D eigenvalue weighted by Gasteiger charge is -1.97. The minimum absolute atomic E-state index is 0.00694. The summed E-state index contributed by atoms with van der Waals surface area (Å²) in [7, 11) is 0. The molecule has 0 bridgehead atoms. The molecule has 1 aromatic rings. The van der Waals surface area contributed by atoms with E-state index in [1.54, 1.807) is 6.07 Å². The summed E-state index contributed by atoms with van der Waals surface area (Å²) in [6, 6.07) is 4.44. The maximum Gasteiger partial charge on any atom is 0.208 e. The number of pyridine rings is 1. The van der Waals surface area contributed by atoms with Crippen LogP contribution in [-0.4, -0.2) is 15.1 Å². The Morgan fingerprint density at radius 2 is 2.20 bits per heavy atom. The molecule has 10 heavy (non-hydrogen) atoms. The van der Waals surface area contributed by atoms with Crippen molar-refractivity contribution in [2.45, 2.75) is 0 Å². The Kier molecular flexibility index (Phi) is 1.82. The van der Waals surface area contributed by atoms with Crippen LogP contribution in [0, 0.1) is 0 Å². The summed E-state index contributed by atoms with van der Waals surface area (Å²) < 4.78 is 0.571. The Balaban J connectivity index is 3.43. The molecule has 5 heteroatoms. The van der Waals surface area contributed by atoms with Crippen LogP contribution < -0.4 is 5.49 Å².